The lowest BCUT2D eigenvalue weighted by molar-refractivity contribution is 0.0585. The van der Waals surface area contributed by atoms with Gasteiger partial charge >= 0.3 is 11.9 Å². The van der Waals surface area contributed by atoms with Crippen LogP contribution in [0.5, 0.6) is 0 Å². The molecule has 2 amide bonds. The molecule has 0 aromatic carbocycles. The van der Waals surface area contributed by atoms with Crippen LogP contribution < -0.4 is 16.4 Å². The second-order valence-corrected chi connectivity index (χ2v) is 16.1. The molecule has 0 aliphatic heterocycles. The van der Waals surface area contributed by atoms with E-state index in [4.69, 9.17) is 23.4 Å². The number of rotatable bonds is 14. The van der Waals surface area contributed by atoms with Crippen LogP contribution in [0.2, 0.25) is 0 Å². The van der Waals surface area contributed by atoms with Gasteiger partial charge in [0.25, 0.3) is 11.8 Å². The largest absolute Gasteiger partial charge is 0.464 e. The number of hydrogen-bond donors (Lipinski definition) is 3. The van der Waals surface area contributed by atoms with E-state index in [0.717, 1.165) is 10.0 Å². The van der Waals surface area contributed by atoms with E-state index in [-0.39, 0.29) is 52.4 Å². The van der Waals surface area contributed by atoms with Crippen LogP contribution in [0, 0.1) is 25.7 Å². The molecule has 6 aromatic rings. The predicted octanol–water partition coefficient (Wildman–Crippen LogP) is 7.16. The van der Waals surface area contributed by atoms with E-state index in [1.807, 2.05) is 19.2 Å². The van der Waals surface area contributed by atoms with E-state index in [1.54, 1.807) is 44.4 Å². The molecule has 0 fully saturated rings. The number of carbonyl (C=O) groups is 4. The molecule has 6 heterocycles. The number of hydrogen-bond acceptors (Lipinski definition) is 19. The summed E-state index contributed by atoms with van der Waals surface area (Å²) in [6, 6.07) is -1.38. The fourth-order valence-corrected chi connectivity index (χ4v) is 7.15. The standard InChI is InChI=1S/C20H24N4O5S.C19H23N5O5S/c1-9(2)10(3)19-23-14(8-30-19)18-24-15(12(5)29-18)16(25)21-11(4)17-22-13(7-28-17)20(26)27-6;1-8(2)13(20)18-23-12(7-30-18)17-24-14(10(4)29-17)15(25)21-9(3)16-22-11(6-28-16)19(26)27-5/h7-11H,1-6H3,(H,21,25);6-9,13H,20H2,1-5H3,(H,21,25)/t10-,11-;9-,13-/m00/s1. The van der Waals surface area contributed by atoms with Gasteiger partial charge in [0.1, 0.15) is 52.5 Å². The van der Waals surface area contributed by atoms with Crippen molar-refractivity contribution in [2.45, 2.75) is 86.4 Å². The molecule has 0 spiro atoms. The number of methoxy groups -OCH3 is 2. The number of thiazole rings is 2. The minimum atomic E-state index is -0.625. The van der Waals surface area contributed by atoms with Crippen LogP contribution in [-0.2, 0) is 9.47 Å². The molecule has 0 bridgehead atoms. The third-order valence-corrected chi connectivity index (χ3v) is 11.2. The topological polar surface area (TPSA) is 267 Å². The molecule has 6 rings (SSSR count). The minimum Gasteiger partial charge on any atom is -0.464 e. The van der Waals surface area contributed by atoms with Gasteiger partial charge < -0.3 is 43.5 Å². The highest BCUT2D eigenvalue weighted by Gasteiger charge is 2.27. The Morgan fingerprint density at radius 3 is 1.45 bits per heavy atom. The first-order chi connectivity index (χ1) is 28.4. The first-order valence-corrected chi connectivity index (χ1v) is 20.5. The van der Waals surface area contributed by atoms with Gasteiger partial charge in [0.05, 0.1) is 25.3 Å². The number of carbonyl (C=O) groups excluding carboxylic acids is 4. The fourth-order valence-electron chi connectivity index (χ4n) is 5.16. The van der Waals surface area contributed by atoms with Crippen molar-refractivity contribution in [1.82, 2.24) is 40.5 Å². The van der Waals surface area contributed by atoms with Crippen molar-refractivity contribution in [3.8, 4) is 23.2 Å². The highest BCUT2D eigenvalue weighted by Crippen LogP contribution is 2.32. The van der Waals surface area contributed by atoms with E-state index in [0.29, 0.717) is 40.6 Å². The van der Waals surface area contributed by atoms with Crippen molar-refractivity contribution in [3.63, 3.8) is 0 Å². The summed E-state index contributed by atoms with van der Waals surface area (Å²) in [7, 11) is 2.50. The first kappa shape index (κ1) is 45.0. The lowest BCUT2D eigenvalue weighted by atomic mass is 9.99. The maximum absolute atomic E-state index is 12.7. The third-order valence-electron chi connectivity index (χ3n) is 9.17. The number of oxazole rings is 4. The van der Waals surface area contributed by atoms with Crippen molar-refractivity contribution in [2.75, 3.05) is 14.2 Å². The predicted molar refractivity (Wildman–Crippen MR) is 217 cm³/mol. The molecule has 0 aliphatic rings. The molecule has 4 N–H and O–H groups in total. The molecule has 19 nitrogen and oxygen atoms in total. The second-order valence-electron chi connectivity index (χ2n) is 14.3. The van der Waals surface area contributed by atoms with E-state index >= 15 is 0 Å². The third kappa shape index (κ3) is 10.4. The van der Waals surface area contributed by atoms with Gasteiger partial charge in [-0.25, -0.2) is 39.5 Å². The van der Waals surface area contributed by atoms with E-state index in [9.17, 15) is 19.2 Å². The molecule has 0 saturated carbocycles. The van der Waals surface area contributed by atoms with Crippen LogP contribution in [0.3, 0.4) is 0 Å². The normalized spacial score (nSPS) is 13.3. The SMILES string of the molecule is COC(=O)c1coc([C@H](C)NC(=O)c2nc(-c3csc([C@@H](C)C(C)C)n3)oc2C)n1.COC(=O)c1coc([C@H](C)NC(=O)c2nc(-c3csc([C@@H](N)C(C)C)n3)oc2C)n1. The lowest BCUT2D eigenvalue weighted by Crippen LogP contribution is -2.27. The highest BCUT2D eigenvalue weighted by molar-refractivity contribution is 7.10. The zero-order chi connectivity index (χ0) is 44.0. The molecule has 6 aromatic heterocycles. The van der Waals surface area contributed by atoms with E-state index < -0.39 is 35.8 Å². The Kier molecular flexibility index (Phi) is 14.5. The molecule has 320 valence electrons. The number of amides is 2. The maximum atomic E-state index is 12.7. The Bertz CT molecular complexity index is 2270. The van der Waals surface area contributed by atoms with Crippen molar-refractivity contribution in [3.05, 3.63) is 79.4 Å². The average molecular weight is 866 g/mol. The maximum Gasteiger partial charge on any atom is 0.360 e. The van der Waals surface area contributed by atoms with E-state index in [1.165, 1.54) is 38.1 Å². The highest BCUT2D eigenvalue weighted by atomic mass is 32.1. The second kappa shape index (κ2) is 19.3. The monoisotopic (exact) mass is 865 g/mol. The zero-order valence-electron chi connectivity index (χ0n) is 34.9. The summed E-state index contributed by atoms with van der Waals surface area (Å²) < 4.78 is 31.0. The van der Waals surface area contributed by atoms with Gasteiger partial charge in [0.2, 0.25) is 23.6 Å². The molecule has 0 saturated heterocycles. The van der Waals surface area contributed by atoms with Gasteiger partial charge in [-0.05, 0) is 39.5 Å². The van der Waals surface area contributed by atoms with Gasteiger partial charge in [0, 0.05) is 16.7 Å². The summed E-state index contributed by atoms with van der Waals surface area (Å²) in [5, 5.41) is 10.9. The lowest BCUT2D eigenvalue weighted by Gasteiger charge is -2.11. The quantitative estimate of drug-likeness (QED) is 0.0916. The minimum absolute atomic E-state index is 0.0208. The Morgan fingerprint density at radius 1 is 0.633 bits per heavy atom. The number of esters is 2. The summed E-state index contributed by atoms with van der Waals surface area (Å²) in [5.41, 5.74) is 7.60. The number of nitrogens with one attached hydrogen (secondary N) is 2. The van der Waals surface area contributed by atoms with Crippen LogP contribution in [-0.4, -0.2) is 67.9 Å². The van der Waals surface area contributed by atoms with Gasteiger partial charge in [0.15, 0.2) is 22.8 Å². The molecule has 60 heavy (non-hydrogen) atoms. The van der Waals surface area contributed by atoms with Crippen molar-refractivity contribution >= 4 is 46.4 Å². The van der Waals surface area contributed by atoms with Crippen LogP contribution >= 0.6 is 22.7 Å². The summed E-state index contributed by atoms with van der Waals surface area (Å²) in [6.07, 6.45) is 2.35. The molecular formula is C39H47N9O10S2. The van der Waals surface area contributed by atoms with Crippen LogP contribution in [0.25, 0.3) is 23.2 Å². The number of aryl methyl sites for hydroxylation is 2. The van der Waals surface area contributed by atoms with Gasteiger partial charge in [-0.3, -0.25) is 9.59 Å². The Morgan fingerprint density at radius 2 is 1.05 bits per heavy atom. The van der Waals surface area contributed by atoms with Crippen LogP contribution in [0.4, 0.5) is 0 Å². The summed E-state index contributed by atoms with van der Waals surface area (Å²) in [5.74, 6) is 0.481. The fraction of sp³-hybridized carbons (Fsp3) is 0.436. The van der Waals surface area contributed by atoms with Crippen molar-refractivity contribution in [2.24, 2.45) is 17.6 Å². The summed E-state index contributed by atoms with van der Waals surface area (Å²) >= 11 is 2.97. The number of nitrogens with two attached hydrogens (primary N) is 1. The number of nitrogens with zero attached hydrogens (tertiary/aromatic N) is 6. The Hall–Kier alpha value is -6.06. The van der Waals surface area contributed by atoms with Crippen molar-refractivity contribution < 1.29 is 46.3 Å². The van der Waals surface area contributed by atoms with Crippen molar-refractivity contribution in [1.29, 1.82) is 0 Å². The smallest absolute Gasteiger partial charge is 0.360 e. The van der Waals surface area contributed by atoms with E-state index in [2.05, 4.69) is 70.8 Å². The molecule has 0 radical (unpaired) electrons. The molecule has 4 atom stereocenters. The van der Waals surface area contributed by atoms with Gasteiger partial charge in [-0.15, -0.1) is 22.7 Å². The molecular weight excluding hydrogens is 819 g/mol. The number of ether oxygens (including phenoxy) is 2. The molecule has 0 aliphatic carbocycles. The Labute approximate surface area is 352 Å². The summed E-state index contributed by atoms with van der Waals surface area (Å²) in [6.45, 7) is 17.1. The summed E-state index contributed by atoms with van der Waals surface area (Å²) in [4.78, 5) is 74.1. The first-order valence-electron chi connectivity index (χ1n) is 18.7. The zero-order valence-corrected chi connectivity index (χ0v) is 36.6. The Balaban J connectivity index is 0.000000228. The van der Waals surface area contributed by atoms with Gasteiger partial charge in [-0.2, -0.15) is 0 Å². The molecule has 0 unspecified atom stereocenters. The molecule has 21 heteroatoms. The number of aromatic nitrogens is 6. The average Bonchev–Trinajstić information content (AvgIpc) is 4.07. The van der Waals surface area contributed by atoms with Gasteiger partial charge in [-0.1, -0.05) is 34.6 Å². The van der Waals surface area contributed by atoms with Crippen LogP contribution in [0.15, 0.2) is 41.0 Å². The van der Waals surface area contributed by atoms with Crippen LogP contribution in [0.1, 0.15) is 148 Å².